The van der Waals surface area contributed by atoms with Crippen molar-refractivity contribution in [2.24, 2.45) is 17.3 Å². The number of likely N-dealkylation sites (tertiary alicyclic amines) is 1. The van der Waals surface area contributed by atoms with Gasteiger partial charge in [0.25, 0.3) is 0 Å². The Morgan fingerprint density at radius 1 is 1.31 bits per heavy atom. The lowest BCUT2D eigenvalue weighted by molar-refractivity contribution is -0.146. The van der Waals surface area contributed by atoms with Crippen LogP contribution in [0.25, 0.3) is 0 Å². The van der Waals surface area contributed by atoms with Crippen LogP contribution in [0.2, 0.25) is 0 Å². The molecular weight excluding hydrogens is 210 g/mol. The van der Waals surface area contributed by atoms with Crippen molar-refractivity contribution in [3.8, 4) is 0 Å². The number of amides is 2. The van der Waals surface area contributed by atoms with Crippen molar-refractivity contribution in [3.63, 3.8) is 0 Å². The maximum absolute atomic E-state index is 11.8. The SMILES string of the molecule is COCC(=O)CN1C(=O)C2C(C1=O)C2(C)C. The van der Waals surface area contributed by atoms with Crippen LogP contribution in [0.5, 0.6) is 0 Å². The predicted molar refractivity (Wildman–Crippen MR) is 54.4 cm³/mol. The Hall–Kier alpha value is -1.23. The molecule has 2 atom stereocenters. The molecular formula is C11H15NO4. The van der Waals surface area contributed by atoms with Gasteiger partial charge in [-0.1, -0.05) is 13.8 Å². The highest BCUT2D eigenvalue weighted by Crippen LogP contribution is 2.63. The topological polar surface area (TPSA) is 63.7 Å². The van der Waals surface area contributed by atoms with Gasteiger partial charge in [-0.2, -0.15) is 0 Å². The first-order chi connectivity index (χ1) is 7.41. The largest absolute Gasteiger partial charge is 0.377 e. The smallest absolute Gasteiger partial charge is 0.234 e. The molecule has 1 aliphatic heterocycles. The summed E-state index contributed by atoms with van der Waals surface area (Å²) in [5.41, 5.74) is -0.213. The number of imide groups is 1. The van der Waals surface area contributed by atoms with Crippen LogP contribution in [-0.4, -0.2) is 42.8 Å². The summed E-state index contributed by atoms with van der Waals surface area (Å²) in [4.78, 5) is 36.0. The minimum atomic E-state index is -0.247. The lowest BCUT2D eigenvalue weighted by Crippen LogP contribution is -2.40. The summed E-state index contributed by atoms with van der Waals surface area (Å²) in [6.45, 7) is 3.61. The predicted octanol–water partition coefficient (Wildman–Crippen LogP) is -0.157. The summed E-state index contributed by atoms with van der Waals surface area (Å²) in [6.07, 6.45) is 0. The van der Waals surface area contributed by atoms with Crippen molar-refractivity contribution < 1.29 is 19.1 Å². The summed E-state index contributed by atoms with van der Waals surface area (Å²) in [5, 5.41) is 0. The van der Waals surface area contributed by atoms with Crippen molar-refractivity contribution in [2.45, 2.75) is 13.8 Å². The monoisotopic (exact) mass is 225 g/mol. The molecule has 0 aromatic rings. The van der Waals surface area contributed by atoms with Crippen LogP contribution in [0, 0.1) is 17.3 Å². The number of rotatable bonds is 4. The number of ether oxygens (including phenoxy) is 1. The Morgan fingerprint density at radius 3 is 2.25 bits per heavy atom. The molecule has 2 rings (SSSR count). The second-order valence-corrected chi connectivity index (χ2v) is 5.01. The van der Waals surface area contributed by atoms with Gasteiger partial charge in [0, 0.05) is 7.11 Å². The van der Waals surface area contributed by atoms with E-state index in [1.165, 1.54) is 7.11 Å². The molecule has 0 spiro atoms. The van der Waals surface area contributed by atoms with Crippen LogP contribution in [0.4, 0.5) is 0 Å². The van der Waals surface area contributed by atoms with E-state index in [0.29, 0.717) is 0 Å². The van der Waals surface area contributed by atoms with Gasteiger partial charge in [-0.15, -0.1) is 0 Å². The van der Waals surface area contributed by atoms with Gasteiger partial charge in [-0.05, 0) is 5.41 Å². The molecule has 2 aliphatic rings. The Balaban J connectivity index is 2.03. The lowest BCUT2D eigenvalue weighted by atomic mass is 10.1. The molecule has 1 heterocycles. The number of ketones is 1. The van der Waals surface area contributed by atoms with Gasteiger partial charge in [0.2, 0.25) is 11.8 Å². The van der Waals surface area contributed by atoms with Gasteiger partial charge >= 0.3 is 0 Å². The zero-order chi connectivity index (χ0) is 12.1. The number of carbonyl (C=O) groups is 3. The Morgan fingerprint density at radius 2 is 1.81 bits per heavy atom. The minimum absolute atomic E-state index is 0.0597. The molecule has 5 nitrogen and oxygen atoms in total. The number of piperidine rings is 1. The number of Topliss-reactive ketones (excluding diaryl/α,β-unsaturated/α-hetero) is 1. The number of nitrogens with zero attached hydrogens (tertiary/aromatic N) is 1. The first kappa shape index (κ1) is 11.3. The zero-order valence-electron chi connectivity index (χ0n) is 9.65. The molecule has 88 valence electrons. The summed E-state index contributed by atoms with van der Waals surface area (Å²) in [6, 6.07) is 0. The molecule has 1 saturated heterocycles. The Bertz CT molecular complexity index is 350. The van der Waals surface area contributed by atoms with Crippen LogP contribution >= 0.6 is 0 Å². The van der Waals surface area contributed by atoms with Crippen LogP contribution < -0.4 is 0 Å². The van der Waals surface area contributed by atoms with Crippen LogP contribution in [0.15, 0.2) is 0 Å². The van der Waals surface area contributed by atoms with Crippen LogP contribution in [-0.2, 0) is 19.1 Å². The maximum Gasteiger partial charge on any atom is 0.234 e. The normalized spacial score (nSPS) is 30.6. The number of methoxy groups -OCH3 is 1. The average molecular weight is 225 g/mol. The summed E-state index contributed by atoms with van der Waals surface area (Å²) >= 11 is 0. The van der Waals surface area contributed by atoms with Gasteiger partial charge in [-0.3, -0.25) is 19.3 Å². The molecule has 5 heteroatoms. The average Bonchev–Trinajstić information content (AvgIpc) is 2.66. The van der Waals surface area contributed by atoms with Gasteiger partial charge in [0.05, 0.1) is 18.4 Å². The Labute approximate surface area is 93.7 Å². The highest BCUT2D eigenvalue weighted by atomic mass is 16.5. The molecule has 1 saturated carbocycles. The zero-order valence-corrected chi connectivity index (χ0v) is 9.65. The van der Waals surface area contributed by atoms with E-state index in [1.54, 1.807) is 0 Å². The quantitative estimate of drug-likeness (QED) is 0.624. The number of hydrogen-bond acceptors (Lipinski definition) is 4. The number of hydrogen-bond donors (Lipinski definition) is 0. The summed E-state index contributed by atoms with van der Waals surface area (Å²) in [7, 11) is 1.41. The molecule has 16 heavy (non-hydrogen) atoms. The molecule has 1 aliphatic carbocycles. The number of fused-ring (bicyclic) bond motifs is 1. The van der Waals surface area contributed by atoms with E-state index < -0.39 is 0 Å². The van der Waals surface area contributed by atoms with Crippen molar-refractivity contribution >= 4 is 17.6 Å². The number of carbonyl (C=O) groups excluding carboxylic acids is 3. The van der Waals surface area contributed by atoms with Crippen molar-refractivity contribution in [3.05, 3.63) is 0 Å². The van der Waals surface area contributed by atoms with E-state index in [9.17, 15) is 14.4 Å². The summed E-state index contributed by atoms with van der Waals surface area (Å²) < 4.78 is 4.66. The molecule has 0 aromatic heterocycles. The molecule has 2 amide bonds. The maximum atomic E-state index is 11.8. The van der Waals surface area contributed by atoms with Crippen molar-refractivity contribution in [1.82, 2.24) is 4.90 Å². The molecule has 2 fully saturated rings. The van der Waals surface area contributed by atoms with E-state index in [-0.39, 0.29) is 48.0 Å². The van der Waals surface area contributed by atoms with E-state index in [1.807, 2.05) is 13.8 Å². The third kappa shape index (κ3) is 1.38. The van der Waals surface area contributed by atoms with E-state index in [4.69, 9.17) is 0 Å². The first-order valence-electron chi connectivity index (χ1n) is 5.27. The Kier molecular flexibility index (Phi) is 2.38. The molecule has 2 unspecified atom stereocenters. The minimum Gasteiger partial charge on any atom is -0.377 e. The second-order valence-electron chi connectivity index (χ2n) is 5.01. The standard InChI is InChI=1S/C11H15NO4/c1-11(2)7-8(11)10(15)12(9(7)14)4-6(13)5-16-3/h7-8H,4-5H2,1-3H3. The fourth-order valence-electron chi connectivity index (χ4n) is 2.54. The van der Waals surface area contributed by atoms with Crippen molar-refractivity contribution in [1.29, 1.82) is 0 Å². The van der Waals surface area contributed by atoms with Crippen LogP contribution in [0.1, 0.15) is 13.8 Å². The highest BCUT2D eigenvalue weighted by molar-refractivity contribution is 6.12. The van der Waals surface area contributed by atoms with E-state index in [2.05, 4.69) is 4.74 Å². The highest BCUT2D eigenvalue weighted by Gasteiger charge is 2.72. The lowest BCUT2D eigenvalue weighted by Gasteiger charge is -2.19. The van der Waals surface area contributed by atoms with E-state index in [0.717, 1.165) is 4.90 Å². The van der Waals surface area contributed by atoms with Gasteiger partial charge in [-0.25, -0.2) is 0 Å². The van der Waals surface area contributed by atoms with Gasteiger partial charge in [0.1, 0.15) is 6.61 Å². The second kappa shape index (κ2) is 3.38. The first-order valence-corrected chi connectivity index (χ1v) is 5.27. The van der Waals surface area contributed by atoms with E-state index >= 15 is 0 Å². The van der Waals surface area contributed by atoms with Gasteiger partial charge in [0.15, 0.2) is 5.78 Å². The van der Waals surface area contributed by atoms with Crippen LogP contribution in [0.3, 0.4) is 0 Å². The molecule has 0 bridgehead atoms. The fourth-order valence-corrected chi connectivity index (χ4v) is 2.54. The molecule has 0 radical (unpaired) electrons. The third-order valence-electron chi connectivity index (χ3n) is 3.53. The third-order valence-corrected chi connectivity index (χ3v) is 3.53. The fraction of sp³-hybridized carbons (Fsp3) is 0.727. The van der Waals surface area contributed by atoms with Crippen molar-refractivity contribution in [2.75, 3.05) is 20.3 Å². The van der Waals surface area contributed by atoms with Gasteiger partial charge < -0.3 is 4.74 Å². The summed E-state index contributed by atoms with van der Waals surface area (Å²) in [5.74, 6) is -1.08. The molecule has 0 N–H and O–H groups in total. The molecule has 0 aromatic carbocycles.